The number of pyridine rings is 2. The van der Waals surface area contributed by atoms with Gasteiger partial charge in [-0.25, -0.2) is 14.4 Å². The Morgan fingerprint density at radius 3 is 2.67 bits per heavy atom. The third kappa shape index (κ3) is 4.30. The number of hydrogen-bond donors (Lipinski definition) is 1. The van der Waals surface area contributed by atoms with Gasteiger partial charge in [-0.15, -0.1) is 0 Å². The monoisotopic (exact) mass is 490 g/mol. The smallest absolute Gasteiger partial charge is 0.320 e. The van der Waals surface area contributed by atoms with E-state index in [0.717, 1.165) is 31.4 Å². The van der Waals surface area contributed by atoms with E-state index >= 15 is 0 Å². The molecule has 3 saturated heterocycles. The number of ether oxygens (including phenoxy) is 2. The number of rotatable bonds is 7. The molecule has 7 rings (SSSR count). The van der Waals surface area contributed by atoms with Gasteiger partial charge in [0.2, 0.25) is 5.88 Å². The van der Waals surface area contributed by atoms with Crippen LogP contribution in [-0.4, -0.2) is 66.7 Å². The van der Waals surface area contributed by atoms with Gasteiger partial charge in [0.05, 0.1) is 19.3 Å². The number of aromatic nitrogens is 6. The van der Waals surface area contributed by atoms with Gasteiger partial charge in [0.1, 0.15) is 17.7 Å². The van der Waals surface area contributed by atoms with Crippen LogP contribution in [0.1, 0.15) is 25.3 Å². The number of hydrogen-bond acceptors (Lipinski definition) is 9. The normalized spacial score (nSPS) is 21.1. The van der Waals surface area contributed by atoms with Crippen molar-refractivity contribution in [2.45, 2.75) is 32.4 Å². The third-order valence-corrected chi connectivity index (χ3v) is 6.84. The zero-order valence-electron chi connectivity index (χ0n) is 20.0. The summed E-state index contributed by atoms with van der Waals surface area (Å²) in [5.41, 5.74) is 8.47. The van der Waals surface area contributed by atoms with Crippen LogP contribution in [0.2, 0.25) is 0 Å². The molecule has 10 nitrogen and oxygen atoms in total. The molecule has 11 heteroatoms. The summed E-state index contributed by atoms with van der Waals surface area (Å²) in [5.74, 6) is 1.41. The molecule has 3 aliphatic heterocycles. The highest BCUT2D eigenvalue weighted by Gasteiger charge is 2.35. The molecule has 7 heterocycles. The molecule has 4 aromatic heterocycles. The van der Waals surface area contributed by atoms with Gasteiger partial charge in [-0.2, -0.15) is 9.97 Å². The standard InChI is InChI=1S/C25H27FN8O2/c1-2-35-25-31-22(27)21-24(32-25)34(23(30-21)17-9-18(26)12-28-11-17)13-15-3-4-20(29-10-15)36-19-14-33-7-5-16(19)6-8-33/h3-4,9-12,16,19H,2,5-8,13-14H2,1H3,(H2,27,31,32)/t19-/m0/s1. The van der Waals surface area contributed by atoms with Crippen molar-refractivity contribution in [2.75, 3.05) is 32.0 Å². The van der Waals surface area contributed by atoms with E-state index in [1.165, 1.54) is 18.9 Å². The number of imidazole rings is 1. The lowest BCUT2D eigenvalue weighted by molar-refractivity contribution is -0.00994. The largest absolute Gasteiger partial charge is 0.473 e. The molecule has 0 unspecified atom stereocenters. The molecule has 2 N–H and O–H groups in total. The fourth-order valence-corrected chi connectivity index (χ4v) is 5.06. The highest BCUT2D eigenvalue weighted by molar-refractivity contribution is 5.85. The van der Waals surface area contributed by atoms with E-state index in [-0.39, 0.29) is 17.9 Å². The van der Waals surface area contributed by atoms with Crippen molar-refractivity contribution in [2.24, 2.45) is 5.92 Å². The maximum atomic E-state index is 14.0. The number of anilines is 1. The quantitative estimate of drug-likeness (QED) is 0.417. The first-order chi connectivity index (χ1) is 17.6. The molecular formula is C25H27FN8O2. The Morgan fingerprint density at radius 2 is 1.97 bits per heavy atom. The van der Waals surface area contributed by atoms with E-state index in [2.05, 4.69) is 29.8 Å². The first-order valence-electron chi connectivity index (χ1n) is 12.2. The van der Waals surface area contributed by atoms with Crippen LogP contribution in [0.15, 0.2) is 36.8 Å². The fraction of sp³-hybridized carbons (Fsp3) is 0.400. The van der Waals surface area contributed by atoms with Crippen LogP contribution < -0.4 is 15.2 Å². The van der Waals surface area contributed by atoms with Gasteiger partial charge < -0.3 is 19.8 Å². The zero-order valence-corrected chi connectivity index (χ0v) is 20.0. The minimum atomic E-state index is -0.462. The van der Waals surface area contributed by atoms with Crippen LogP contribution in [0.5, 0.6) is 11.9 Å². The van der Waals surface area contributed by atoms with E-state index in [9.17, 15) is 4.39 Å². The summed E-state index contributed by atoms with van der Waals surface area (Å²) in [6, 6.07) is 5.40. The summed E-state index contributed by atoms with van der Waals surface area (Å²) in [7, 11) is 0. The van der Waals surface area contributed by atoms with E-state index in [4.69, 9.17) is 15.2 Å². The molecular weight excluding hydrogens is 463 g/mol. The number of nitrogen functional groups attached to an aromatic ring is 1. The molecule has 36 heavy (non-hydrogen) atoms. The minimum Gasteiger partial charge on any atom is -0.473 e. The van der Waals surface area contributed by atoms with E-state index in [1.807, 2.05) is 23.6 Å². The highest BCUT2D eigenvalue weighted by Crippen LogP contribution is 2.31. The summed E-state index contributed by atoms with van der Waals surface area (Å²) in [4.78, 5) is 24.4. The highest BCUT2D eigenvalue weighted by atomic mass is 19.1. The number of nitrogens with zero attached hydrogens (tertiary/aromatic N) is 7. The van der Waals surface area contributed by atoms with Crippen molar-refractivity contribution < 1.29 is 13.9 Å². The lowest BCUT2D eigenvalue weighted by Crippen LogP contribution is -2.52. The molecule has 186 valence electrons. The SMILES string of the molecule is CCOc1nc(N)c2nc(-c3cncc(F)c3)n(Cc3ccc(O[C@H]4CN5CCC4CC5)nc3)c2n1. The third-order valence-electron chi connectivity index (χ3n) is 6.84. The molecule has 3 fully saturated rings. The number of fused-ring (bicyclic) bond motifs is 4. The average molecular weight is 491 g/mol. The predicted molar refractivity (Wildman–Crippen MR) is 131 cm³/mol. The minimum absolute atomic E-state index is 0.159. The Morgan fingerprint density at radius 1 is 1.11 bits per heavy atom. The van der Waals surface area contributed by atoms with Crippen LogP contribution in [0.3, 0.4) is 0 Å². The van der Waals surface area contributed by atoms with E-state index < -0.39 is 5.82 Å². The van der Waals surface area contributed by atoms with Crippen molar-refractivity contribution >= 4 is 17.0 Å². The van der Waals surface area contributed by atoms with Crippen LogP contribution in [0, 0.1) is 11.7 Å². The second-order valence-electron chi connectivity index (χ2n) is 9.21. The first-order valence-corrected chi connectivity index (χ1v) is 12.2. The molecule has 0 aliphatic carbocycles. The summed E-state index contributed by atoms with van der Waals surface area (Å²) in [5, 5.41) is 0. The van der Waals surface area contributed by atoms with Gasteiger partial charge in [-0.1, -0.05) is 6.07 Å². The predicted octanol–water partition coefficient (Wildman–Crippen LogP) is 2.92. The van der Waals surface area contributed by atoms with Crippen LogP contribution in [-0.2, 0) is 6.54 Å². The molecule has 2 bridgehead atoms. The Balaban J connectivity index is 1.33. The van der Waals surface area contributed by atoms with Crippen molar-refractivity contribution in [1.29, 1.82) is 0 Å². The van der Waals surface area contributed by atoms with Gasteiger partial charge in [0.15, 0.2) is 17.0 Å². The molecule has 0 aromatic carbocycles. The van der Waals surface area contributed by atoms with Crippen LogP contribution in [0.4, 0.5) is 10.2 Å². The summed E-state index contributed by atoms with van der Waals surface area (Å²) < 4.78 is 27.6. The van der Waals surface area contributed by atoms with Gasteiger partial charge in [0, 0.05) is 30.6 Å². The van der Waals surface area contributed by atoms with Crippen molar-refractivity contribution in [3.63, 3.8) is 0 Å². The Labute approximate surface area is 207 Å². The maximum absolute atomic E-state index is 14.0. The molecule has 0 amide bonds. The lowest BCUT2D eigenvalue weighted by Gasteiger charge is -2.44. The second-order valence-corrected chi connectivity index (χ2v) is 9.21. The number of nitrogens with two attached hydrogens (primary N) is 1. The van der Waals surface area contributed by atoms with Crippen LogP contribution >= 0.6 is 0 Å². The Bertz CT molecular complexity index is 1390. The molecule has 0 radical (unpaired) electrons. The van der Waals surface area contributed by atoms with E-state index in [1.54, 1.807) is 12.4 Å². The lowest BCUT2D eigenvalue weighted by atomic mass is 9.86. The van der Waals surface area contributed by atoms with Crippen molar-refractivity contribution in [3.05, 3.63) is 48.2 Å². The Kier molecular flexibility index (Phi) is 5.84. The Hall–Kier alpha value is -3.86. The van der Waals surface area contributed by atoms with Crippen molar-refractivity contribution in [3.8, 4) is 23.3 Å². The molecule has 0 saturated carbocycles. The molecule has 1 atom stereocenters. The summed E-state index contributed by atoms with van der Waals surface area (Å²) in [6.45, 7) is 5.90. The van der Waals surface area contributed by atoms with Crippen LogP contribution in [0.25, 0.3) is 22.6 Å². The maximum Gasteiger partial charge on any atom is 0.320 e. The number of piperidine rings is 3. The zero-order chi connectivity index (χ0) is 24.6. The van der Waals surface area contributed by atoms with Gasteiger partial charge in [-0.05, 0) is 50.4 Å². The first kappa shape index (κ1) is 22.6. The topological polar surface area (TPSA) is 117 Å². The summed E-state index contributed by atoms with van der Waals surface area (Å²) in [6.07, 6.45) is 7.04. The van der Waals surface area contributed by atoms with Gasteiger partial charge >= 0.3 is 6.01 Å². The second kappa shape index (κ2) is 9.30. The van der Waals surface area contributed by atoms with Crippen molar-refractivity contribution in [1.82, 2.24) is 34.4 Å². The molecule has 3 aliphatic rings. The fourth-order valence-electron chi connectivity index (χ4n) is 5.06. The molecule has 0 spiro atoms. The van der Waals surface area contributed by atoms with Gasteiger partial charge in [-0.3, -0.25) is 9.88 Å². The average Bonchev–Trinajstić information content (AvgIpc) is 3.25. The molecule has 4 aromatic rings. The van der Waals surface area contributed by atoms with Gasteiger partial charge in [0.25, 0.3) is 0 Å². The summed E-state index contributed by atoms with van der Waals surface area (Å²) >= 11 is 0. The number of halogens is 1. The van der Waals surface area contributed by atoms with E-state index in [0.29, 0.717) is 47.5 Å².